The molecule has 0 heterocycles. The van der Waals surface area contributed by atoms with Crippen molar-refractivity contribution in [1.82, 2.24) is 0 Å². The van der Waals surface area contributed by atoms with Gasteiger partial charge in [-0.15, -0.1) is 0 Å². The van der Waals surface area contributed by atoms with Crippen LogP contribution < -0.4 is 10.6 Å². The molecule has 0 atom stereocenters. The molecule has 2 N–H and O–H groups in total. The first-order valence-corrected chi connectivity index (χ1v) is 9.64. The fourth-order valence-electron chi connectivity index (χ4n) is 2.75. The van der Waals surface area contributed by atoms with Crippen molar-refractivity contribution in [1.29, 1.82) is 0 Å². The molecule has 2 aromatic carbocycles. The Kier molecular flexibility index (Phi) is 7.95. The van der Waals surface area contributed by atoms with Crippen LogP contribution in [0.2, 0.25) is 0 Å². The number of aryl methyl sites for hydroxylation is 4. The highest BCUT2D eigenvalue weighted by Crippen LogP contribution is 2.17. The lowest BCUT2D eigenvalue weighted by Crippen LogP contribution is -2.21. The maximum absolute atomic E-state index is 12.1. The maximum Gasteiger partial charge on any atom is 0.306 e. The van der Waals surface area contributed by atoms with E-state index < -0.39 is 5.97 Å². The normalized spacial score (nSPS) is 10.3. The molecule has 0 spiro atoms. The van der Waals surface area contributed by atoms with Gasteiger partial charge in [-0.25, -0.2) is 0 Å². The summed E-state index contributed by atoms with van der Waals surface area (Å²) in [5.74, 6) is -1.04. The minimum Gasteiger partial charge on any atom is -0.456 e. The van der Waals surface area contributed by atoms with Gasteiger partial charge in [-0.05, 0) is 68.5 Å². The summed E-state index contributed by atoms with van der Waals surface area (Å²) in [4.78, 5) is 35.9. The molecule has 29 heavy (non-hydrogen) atoms. The first kappa shape index (κ1) is 22.1. The third-order valence-corrected chi connectivity index (χ3v) is 4.48. The van der Waals surface area contributed by atoms with E-state index in [-0.39, 0.29) is 31.3 Å². The van der Waals surface area contributed by atoms with Gasteiger partial charge in [-0.3, -0.25) is 14.4 Å². The first-order valence-electron chi connectivity index (χ1n) is 9.64. The standard InChI is InChI=1S/C23H28N2O4/c1-15-8-10-17(3)19(12-15)24-21(26)6-5-7-23(28)29-14-22(27)25-20-13-16(2)9-11-18(20)4/h8-13H,5-7,14H2,1-4H3,(H,24,26)(H,25,27). The summed E-state index contributed by atoms with van der Waals surface area (Å²) in [6.45, 7) is 7.37. The number of amides is 2. The highest BCUT2D eigenvalue weighted by atomic mass is 16.5. The van der Waals surface area contributed by atoms with E-state index in [2.05, 4.69) is 10.6 Å². The summed E-state index contributed by atoms with van der Waals surface area (Å²) >= 11 is 0. The van der Waals surface area contributed by atoms with Crippen LogP contribution in [0.4, 0.5) is 11.4 Å². The molecule has 0 aliphatic rings. The molecule has 6 heteroatoms. The fourth-order valence-corrected chi connectivity index (χ4v) is 2.75. The lowest BCUT2D eigenvalue weighted by atomic mass is 10.1. The second kappa shape index (κ2) is 10.4. The minimum atomic E-state index is -0.499. The molecule has 0 fully saturated rings. The molecule has 0 unspecified atom stereocenters. The summed E-state index contributed by atoms with van der Waals surface area (Å²) in [6.07, 6.45) is 0.641. The Morgan fingerprint density at radius 3 is 1.83 bits per heavy atom. The zero-order chi connectivity index (χ0) is 21.4. The number of anilines is 2. The molecule has 0 saturated heterocycles. The summed E-state index contributed by atoms with van der Waals surface area (Å²) in [7, 11) is 0. The third-order valence-electron chi connectivity index (χ3n) is 4.48. The van der Waals surface area contributed by atoms with E-state index in [0.717, 1.165) is 27.9 Å². The summed E-state index contributed by atoms with van der Waals surface area (Å²) in [5.41, 5.74) is 5.49. The Morgan fingerprint density at radius 1 is 0.759 bits per heavy atom. The number of hydrogen-bond donors (Lipinski definition) is 2. The van der Waals surface area contributed by atoms with E-state index in [1.54, 1.807) is 0 Å². The van der Waals surface area contributed by atoms with Crippen molar-refractivity contribution in [3.63, 3.8) is 0 Å². The van der Waals surface area contributed by atoms with Crippen LogP contribution in [-0.2, 0) is 19.1 Å². The highest BCUT2D eigenvalue weighted by molar-refractivity contribution is 5.94. The van der Waals surface area contributed by atoms with Gasteiger partial charge >= 0.3 is 5.97 Å². The van der Waals surface area contributed by atoms with Gasteiger partial charge in [0.1, 0.15) is 0 Å². The fraction of sp³-hybridized carbons (Fsp3) is 0.348. The summed E-state index contributed by atoms with van der Waals surface area (Å²) in [5, 5.41) is 5.59. The zero-order valence-corrected chi connectivity index (χ0v) is 17.4. The second-order valence-corrected chi connectivity index (χ2v) is 7.25. The predicted molar refractivity (Wildman–Crippen MR) is 114 cm³/mol. The molecular weight excluding hydrogens is 368 g/mol. The van der Waals surface area contributed by atoms with E-state index in [9.17, 15) is 14.4 Å². The zero-order valence-electron chi connectivity index (χ0n) is 17.4. The number of carbonyl (C=O) groups is 3. The van der Waals surface area contributed by atoms with Gasteiger partial charge in [0.2, 0.25) is 5.91 Å². The van der Waals surface area contributed by atoms with Gasteiger partial charge in [-0.2, -0.15) is 0 Å². The topological polar surface area (TPSA) is 84.5 Å². The Balaban J connectivity index is 1.69. The van der Waals surface area contributed by atoms with Crippen LogP contribution in [0.1, 0.15) is 41.5 Å². The third kappa shape index (κ3) is 7.41. The molecule has 0 saturated carbocycles. The molecule has 154 valence electrons. The Hall–Kier alpha value is -3.15. The number of nitrogens with one attached hydrogen (secondary N) is 2. The van der Waals surface area contributed by atoms with E-state index in [4.69, 9.17) is 4.74 Å². The summed E-state index contributed by atoms with van der Waals surface area (Å²) in [6, 6.07) is 11.6. The lowest BCUT2D eigenvalue weighted by molar-refractivity contribution is -0.147. The van der Waals surface area contributed by atoms with Crippen molar-refractivity contribution in [3.05, 3.63) is 58.7 Å². The molecular formula is C23H28N2O4. The van der Waals surface area contributed by atoms with Crippen LogP contribution in [-0.4, -0.2) is 24.4 Å². The van der Waals surface area contributed by atoms with E-state index in [1.807, 2.05) is 64.1 Å². The molecule has 0 bridgehead atoms. The number of ether oxygens (including phenoxy) is 1. The van der Waals surface area contributed by atoms with Gasteiger partial charge < -0.3 is 15.4 Å². The van der Waals surface area contributed by atoms with Crippen molar-refractivity contribution >= 4 is 29.2 Å². The van der Waals surface area contributed by atoms with Crippen LogP contribution in [0, 0.1) is 27.7 Å². The highest BCUT2D eigenvalue weighted by Gasteiger charge is 2.11. The average Bonchev–Trinajstić information content (AvgIpc) is 2.66. The van der Waals surface area contributed by atoms with E-state index in [0.29, 0.717) is 12.1 Å². The quantitative estimate of drug-likeness (QED) is 0.655. The van der Waals surface area contributed by atoms with Gasteiger partial charge in [0.15, 0.2) is 6.61 Å². The number of benzene rings is 2. The van der Waals surface area contributed by atoms with Crippen LogP contribution >= 0.6 is 0 Å². The second-order valence-electron chi connectivity index (χ2n) is 7.25. The molecule has 0 radical (unpaired) electrons. The van der Waals surface area contributed by atoms with Crippen LogP contribution in [0.25, 0.3) is 0 Å². The SMILES string of the molecule is Cc1ccc(C)c(NC(=O)CCCC(=O)OCC(=O)Nc2cc(C)ccc2C)c1. The maximum atomic E-state index is 12.1. The number of hydrogen-bond acceptors (Lipinski definition) is 4. The minimum absolute atomic E-state index is 0.0803. The Bertz CT molecular complexity index is 906. The largest absolute Gasteiger partial charge is 0.456 e. The molecule has 6 nitrogen and oxygen atoms in total. The predicted octanol–water partition coefficient (Wildman–Crippen LogP) is 4.21. The van der Waals surface area contributed by atoms with Crippen LogP contribution in [0.3, 0.4) is 0 Å². The lowest BCUT2D eigenvalue weighted by Gasteiger charge is -2.10. The molecule has 2 rings (SSSR count). The van der Waals surface area contributed by atoms with Gasteiger partial charge in [0.05, 0.1) is 0 Å². The number of esters is 1. The van der Waals surface area contributed by atoms with Crippen molar-refractivity contribution in [2.45, 2.75) is 47.0 Å². The average molecular weight is 396 g/mol. The number of rotatable bonds is 8. The van der Waals surface area contributed by atoms with E-state index in [1.165, 1.54) is 0 Å². The monoisotopic (exact) mass is 396 g/mol. The van der Waals surface area contributed by atoms with E-state index >= 15 is 0 Å². The molecule has 2 aromatic rings. The van der Waals surface area contributed by atoms with Crippen molar-refractivity contribution < 1.29 is 19.1 Å². The van der Waals surface area contributed by atoms with Crippen molar-refractivity contribution in [2.24, 2.45) is 0 Å². The van der Waals surface area contributed by atoms with Crippen LogP contribution in [0.5, 0.6) is 0 Å². The molecule has 0 aliphatic heterocycles. The molecule has 2 amide bonds. The van der Waals surface area contributed by atoms with Crippen molar-refractivity contribution in [2.75, 3.05) is 17.2 Å². The van der Waals surface area contributed by atoms with Crippen molar-refractivity contribution in [3.8, 4) is 0 Å². The van der Waals surface area contributed by atoms with Crippen LogP contribution in [0.15, 0.2) is 36.4 Å². The smallest absolute Gasteiger partial charge is 0.306 e. The molecule has 0 aliphatic carbocycles. The van der Waals surface area contributed by atoms with Gasteiger partial charge in [0.25, 0.3) is 5.91 Å². The molecule has 0 aromatic heterocycles. The first-order chi connectivity index (χ1) is 13.7. The van der Waals surface area contributed by atoms with Gasteiger partial charge in [-0.1, -0.05) is 24.3 Å². The number of carbonyl (C=O) groups excluding carboxylic acids is 3. The Labute approximate surface area is 171 Å². The summed E-state index contributed by atoms with van der Waals surface area (Å²) < 4.78 is 5.00. The van der Waals surface area contributed by atoms with Gasteiger partial charge in [0, 0.05) is 24.2 Å². The Morgan fingerprint density at radius 2 is 1.28 bits per heavy atom.